The van der Waals surface area contributed by atoms with Gasteiger partial charge in [-0.25, -0.2) is 0 Å². The van der Waals surface area contributed by atoms with Gasteiger partial charge in [-0.2, -0.15) is 0 Å². The van der Waals surface area contributed by atoms with Crippen LogP contribution >= 0.6 is 0 Å². The number of fused-ring (bicyclic) bond motifs is 3. The van der Waals surface area contributed by atoms with Crippen LogP contribution < -0.4 is 0 Å². The summed E-state index contributed by atoms with van der Waals surface area (Å²) in [6.45, 7) is 17.7. The first-order valence-corrected chi connectivity index (χ1v) is 11.0. The molecule has 0 saturated heterocycles. The molecule has 0 N–H and O–H groups in total. The molecule has 3 aromatic carbocycles. The SMILES string of the molecule is C=Cc1ccc(-n2c3ccc(C(C)(C)C)cc3c3cc(C(C)(C)CC)ccc32)cc1. The summed E-state index contributed by atoms with van der Waals surface area (Å²) in [5.41, 5.74) is 7.91. The maximum absolute atomic E-state index is 3.89. The van der Waals surface area contributed by atoms with Crippen molar-refractivity contribution in [3.05, 3.63) is 83.9 Å². The second-order valence-corrected chi connectivity index (χ2v) is 10.1. The van der Waals surface area contributed by atoms with E-state index >= 15 is 0 Å². The minimum absolute atomic E-state index is 0.120. The van der Waals surface area contributed by atoms with Crippen LogP contribution in [0.3, 0.4) is 0 Å². The Balaban J connectivity index is 2.08. The molecule has 30 heavy (non-hydrogen) atoms. The number of hydrogen-bond donors (Lipinski definition) is 0. The smallest absolute Gasteiger partial charge is 0.0541 e. The highest BCUT2D eigenvalue weighted by Crippen LogP contribution is 2.38. The Morgan fingerprint density at radius 2 is 1.30 bits per heavy atom. The molecule has 0 fully saturated rings. The third-order valence-corrected chi connectivity index (χ3v) is 6.68. The molecular weight excluding hydrogens is 362 g/mol. The molecule has 1 aromatic heterocycles. The lowest BCUT2D eigenvalue weighted by atomic mass is 9.81. The summed E-state index contributed by atoms with van der Waals surface area (Å²) >= 11 is 0. The predicted molar refractivity (Wildman–Crippen MR) is 133 cm³/mol. The first-order valence-electron chi connectivity index (χ1n) is 11.0. The Hall–Kier alpha value is -2.80. The lowest BCUT2D eigenvalue weighted by Crippen LogP contribution is -2.15. The van der Waals surface area contributed by atoms with Crippen molar-refractivity contribution >= 4 is 27.9 Å². The summed E-state index contributed by atoms with van der Waals surface area (Å²) in [6.07, 6.45) is 3.01. The molecular formula is C29H33N. The van der Waals surface area contributed by atoms with Gasteiger partial charge >= 0.3 is 0 Å². The molecule has 154 valence electrons. The molecule has 4 aromatic rings. The lowest BCUT2D eigenvalue weighted by Gasteiger charge is -2.23. The molecule has 0 aliphatic carbocycles. The van der Waals surface area contributed by atoms with Crippen LogP contribution in [0.1, 0.15) is 64.7 Å². The largest absolute Gasteiger partial charge is 0.309 e. The minimum Gasteiger partial charge on any atom is -0.309 e. The second kappa shape index (κ2) is 7.16. The van der Waals surface area contributed by atoms with E-state index in [0.29, 0.717) is 0 Å². The van der Waals surface area contributed by atoms with Crippen LogP contribution in [0.25, 0.3) is 33.6 Å². The Bertz CT molecular complexity index is 1230. The van der Waals surface area contributed by atoms with E-state index < -0.39 is 0 Å². The van der Waals surface area contributed by atoms with Crippen molar-refractivity contribution in [2.75, 3.05) is 0 Å². The van der Waals surface area contributed by atoms with E-state index in [1.165, 1.54) is 38.6 Å². The number of benzene rings is 3. The van der Waals surface area contributed by atoms with Crippen molar-refractivity contribution in [1.82, 2.24) is 4.57 Å². The van der Waals surface area contributed by atoms with Crippen molar-refractivity contribution in [3.8, 4) is 5.69 Å². The maximum atomic E-state index is 3.89. The molecule has 4 rings (SSSR count). The average molecular weight is 396 g/mol. The average Bonchev–Trinajstić information content (AvgIpc) is 3.06. The standard InChI is InChI=1S/C29H33N/c1-8-20-10-14-23(15-11-20)30-26-16-12-21(28(3,4)5)18-24(26)25-19-22(13-17-27(25)30)29(6,7)9-2/h8,10-19H,1,9H2,2-7H3. The molecule has 0 atom stereocenters. The maximum Gasteiger partial charge on any atom is 0.0541 e. The van der Waals surface area contributed by atoms with Crippen LogP contribution in [0.4, 0.5) is 0 Å². The molecule has 0 aliphatic rings. The zero-order chi connectivity index (χ0) is 21.7. The highest BCUT2D eigenvalue weighted by molar-refractivity contribution is 6.09. The van der Waals surface area contributed by atoms with Gasteiger partial charge in [0.15, 0.2) is 0 Å². The fourth-order valence-electron chi connectivity index (χ4n) is 4.15. The molecule has 0 saturated carbocycles. The quantitative estimate of drug-likeness (QED) is 0.327. The first-order chi connectivity index (χ1) is 14.2. The highest BCUT2D eigenvalue weighted by Gasteiger charge is 2.22. The number of hydrogen-bond acceptors (Lipinski definition) is 0. The Morgan fingerprint density at radius 3 is 1.80 bits per heavy atom. The van der Waals surface area contributed by atoms with Gasteiger partial charge in [0.05, 0.1) is 11.0 Å². The van der Waals surface area contributed by atoms with Crippen LogP contribution in [-0.4, -0.2) is 4.57 Å². The van der Waals surface area contributed by atoms with E-state index in [2.05, 4.69) is 113 Å². The van der Waals surface area contributed by atoms with Gasteiger partial charge in [-0.15, -0.1) is 0 Å². The van der Waals surface area contributed by atoms with Gasteiger partial charge in [-0.3, -0.25) is 0 Å². The molecule has 0 spiro atoms. The Kier molecular flexibility index (Phi) is 4.89. The summed E-state index contributed by atoms with van der Waals surface area (Å²) in [5.74, 6) is 0. The summed E-state index contributed by atoms with van der Waals surface area (Å²) in [4.78, 5) is 0. The first kappa shape index (κ1) is 20.5. The van der Waals surface area contributed by atoms with Gasteiger partial charge in [0, 0.05) is 16.5 Å². The summed E-state index contributed by atoms with van der Waals surface area (Å²) in [5, 5.41) is 2.67. The summed E-state index contributed by atoms with van der Waals surface area (Å²) in [7, 11) is 0. The second-order valence-electron chi connectivity index (χ2n) is 10.1. The molecule has 1 nitrogen and oxygen atoms in total. The summed E-state index contributed by atoms with van der Waals surface area (Å²) < 4.78 is 2.40. The monoisotopic (exact) mass is 395 g/mol. The van der Waals surface area contributed by atoms with E-state index in [1.54, 1.807) is 0 Å². The Labute approximate surface area is 181 Å². The van der Waals surface area contributed by atoms with E-state index in [4.69, 9.17) is 0 Å². The minimum atomic E-state index is 0.120. The number of rotatable bonds is 4. The fraction of sp³-hybridized carbons (Fsp3) is 0.310. The zero-order valence-electron chi connectivity index (χ0n) is 19.2. The van der Waals surface area contributed by atoms with Crippen molar-refractivity contribution in [2.45, 2.75) is 58.8 Å². The number of aromatic nitrogens is 1. The molecule has 0 radical (unpaired) electrons. The topological polar surface area (TPSA) is 4.93 Å². The van der Waals surface area contributed by atoms with Gasteiger partial charge in [0.1, 0.15) is 0 Å². The van der Waals surface area contributed by atoms with Gasteiger partial charge in [-0.05, 0) is 70.3 Å². The van der Waals surface area contributed by atoms with Crippen LogP contribution in [0.2, 0.25) is 0 Å². The van der Waals surface area contributed by atoms with E-state index in [9.17, 15) is 0 Å². The van der Waals surface area contributed by atoms with Crippen LogP contribution in [-0.2, 0) is 10.8 Å². The highest BCUT2D eigenvalue weighted by atomic mass is 15.0. The Morgan fingerprint density at radius 1 is 0.767 bits per heavy atom. The van der Waals surface area contributed by atoms with Crippen LogP contribution in [0.15, 0.2) is 67.2 Å². The molecule has 0 aliphatic heterocycles. The van der Waals surface area contributed by atoms with Crippen molar-refractivity contribution < 1.29 is 0 Å². The van der Waals surface area contributed by atoms with Gasteiger partial charge in [-0.1, -0.05) is 78.5 Å². The van der Waals surface area contributed by atoms with Gasteiger partial charge in [0.25, 0.3) is 0 Å². The third-order valence-electron chi connectivity index (χ3n) is 6.68. The third kappa shape index (κ3) is 3.37. The normalized spacial score (nSPS) is 12.6. The molecule has 0 unspecified atom stereocenters. The van der Waals surface area contributed by atoms with Crippen molar-refractivity contribution in [3.63, 3.8) is 0 Å². The molecule has 1 heteroatoms. The summed E-state index contributed by atoms with van der Waals surface area (Å²) in [6, 6.07) is 22.7. The molecule has 0 bridgehead atoms. The predicted octanol–water partition coefficient (Wildman–Crippen LogP) is 8.41. The van der Waals surface area contributed by atoms with E-state index in [1.807, 2.05) is 6.08 Å². The van der Waals surface area contributed by atoms with Gasteiger partial charge in [0.2, 0.25) is 0 Å². The van der Waals surface area contributed by atoms with Crippen molar-refractivity contribution in [1.29, 1.82) is 0 Å². The zero-order valence-corrected chi connectivity index (χ0v) is 19.2. The molecule has 1 heterocycles. The fourth-order valence-corrected chi connectivity index (χ4v) is 4.15. The lowest BCUT2D eigenvalue weighted by molar-refractivity contribution is 0.507. The van der Waals surface area contributed by atoms with Crippen molar-refractivity contribution in [2.24, 2.45) is 0 Å². The van der Waals surface area contributed by atoms with E-state index in [-0.39, 0.29) is 10.8 Å². The van der Waals surface area contributed by atoms with Crippen LogP contribution in [0, 0.1) is 0 Å². The van der Waals surface area contributed by atoms with Gasteiger partial charge < -0.3 is 4.57 Å². The number of nitrogens with zero attached hydrogens (tertiary/aromatic N) is 1. The molecule has 0 amide bonds. The van der Waals surface area contributed by atoms with Crippen LogP contribution in [0.5, 0.6) is 0 Å². The van der Waals surface area contributed by atoms with E-state index in [0.717, 1.165) is 12.0 Å².